The Hall–Kier alpha value is -2.08. The van der Waals surface area contributed by atoms with Crippen molar-refractivity contribution in [2.75, 3.05) is 18.1 Å². The van der Waals surface area contributed by atoms with E-state index in [1.165, 1.54) is 12.1 Å². The van der Waals surface area contributed by atoms with E-state index >= 15 is 0 Å². The molecule has 0 radical (unpaired) electrons. The molecule has 0 spiro atoms. The topological polar surface area (TPSA) is 51.2 Å². The van der Waals surface area contributed by atoms with Crippen LogP contribution in [0.2, 0.25) is 0 Å². The van der Waals surface area contributed by atoms with Crippen LogP contribution >= 0.6 is 11.8 Å². The van der Waals surface area contributed by atoms with Gasteiger partial charge in [0.1, 0.15) is 11.9 Å². The Morgan fingerprint density at radius 1 is 1.33 bits per heavy atom. The number of benzene rings is 1. The first kappa shape index (κ1) is 16.8. The number of ether oxygens (including phenoxy) is 1. The number of carbonyl (C=O) groups excluding carboxylic acids is 1. The fourth-order valence-electron chi connectivity index (χ4n) is 2.47. The number of rotatable bonds is 6. The molecule has 1 aliphatic heterocycles. The third kappa shape index (κ3) is 4.71. The molecule has 1 atom stereocenters. The fourth-order valence-corrected chi connectivity index (χ4v) is 3.56. The summed E-state index contributed by atoms with van der Waals surface area (Å²) in [4.78, 5) is 16.4. The van der Waals surface area contributed by atoms with Crippen LogP contribution in [0.4, 0.5) is 4.39 Å². The van der Waals surface area contributed by atoms with E-state index in [1.54, 1.807) is 30.5 Å². The van der Waals surface area contributed by atoms with Crippen molar-refractivity contribution in [2.24, 2.45) is 0 Å². The molecule has 2 heterocycles. The van der Waals surface area contributed by atoms with Crippen LogP contribution in [0.25, 0.3) is 0 Å². The van der Waals surface area contributed by atoms with Crippen molar-refractivity contribution in [1.82, 2.24) is 10.3 Å². The summed E-state index contributed by atoms with van der Waals surface area (Å²) in [5.41, 5.74) is 1.51. The second-order valence-corrected chi connectivity index (χ2v) is 6.77. The normalized spacial score (nSPS) is 16.8. The summed E-state index contributed by atoms with van der Waals surface area (Å²) >= 11 is 1.87. The van der Waals surface area contributed by atoms with Gasteiger partial charge in [0.25, 0.3) is 5.91 Å². The second kappa shape index (κ2) is 8.15. The number of nitrogens with zero attached hydrogens (tertiary/aromatic N) is 1. The van der Waals surface area contributed by atoms with E-state index in [0.717, 1.165) is 23.5 Å². The van der Waals surface area contributed by atoms with Gasteiger partial charge in [-0.2, -0.15) is 11.8 Å². The fraction of sp³-hybridized carbons (Fsp3) is 0.333. The summed E-state index contributed by atoms with van der Waals surface area (Å²) in [6.45, 7) is 0.488. The number of carbonyl (C=O) groups is 1. The molecule has 0 bridgehead atoms. The lowest BCUT2D eigenvalue weighted by Gasteiger charge is -2.12. The summed E-state index contributed by atoms with van der Waals surface area (Å²) in [5.74, 6) is 2.15. The molecule has 1 N–H and O–H groups in total. The average Bonchev–Trinajstić information content (AvgIpc) is 3.10. The van der Waals surface area contributed by atoms with Crippen LogP contribution in [0, 0.1) is 5.82 Å². The molecule has 6 heteroatoms. The number of nitrogens with one attached hydrogen (secondary N) is 1. The maximum absolute atomic E-state index is 12.9. The minimum atomic E-state index is -0.257. The van der Waals surface area contributed by atoms with E-state index < -0.39 is 0 Å². The maximum atomic E-state index is 12.9. The van der Waals surface area contributed by atoms with E-state index in [1.807, 2.05) is 11.8 Å². The number of halogens is 1. The zero-order valence-electron chi connectivity index (χ0n) is 13.2. The van der Waals surface area contributed by atoms with Gasteiger partial charge in [0, 0.05) is 30.1 Å². The van der Waals surface area contributed by atoms with Crippen LogP contribution in [0.5, 0.6) is 5.88 Å². The standard InChI is InChI=1S/C18H19FN2O2S/c19-15-3-1-13(2-4-15)5-8-21-18(22)14-6-9-20-17(11-14)23-16-7-10-24-12-16/h1-4,6,9,11,16H,5,7-8,10,12H2,(H,21,22)/t16-/m1/s1. The minimum Gasteiger partial charge on any atom is -0.473 e. The van der Waals surface area contributed by atoms with Crippen LogP contribution in [0.15, 0.2) is 42.6 Å². The number of pyridine rings is 1. The molecule has 1 amide bonds. The van der Waals surface area contributed by atoms with Gasteiger partial charge in [-0.15, -0.1) is 0 Å². The number of hydrogen-bond donors (Lipinski definition) is 1. The van der Waals surface area contributed by atoms with Crippen LogP contribution in [0.3, 0.4) is 0 Å². The summed E-state index contributed by atoms with van der Waals surface area (Å²) in [7, 11) is 0. The van der Waals surface area contributed by atoms with Gasteiger partial charge >= 0.3 is 0 Å². The van der Waals surface area contributed by atoms with Gasteiger partial charge in [-0.1, -0.05) is 12.1 Å². The summed E-state index contributed by atoms with van der Waals surface area (Å²) < 4.78 is 18.7. The van der Waals surface area contributed by atoms with Gasteiger partial charge < -0.3 is 10.1 Å². The summed E-state index contributed by atoms with van der Waals surface area (Å²) in [6.07, 6.45) is 3.44. The maximum Gasteiger partial charge on any atom is 0.251 e. The molecule has 1 fully saturated rings. The number of hydrogen-bond acceptors (Lipinski definition) is 4. The Morgan fingerprint density at radius 2 is 2.17 bits per heavy atom. The van der Waals surface area contributed by atoms with Crippen molar-refractivity contribution in [3.8, 4) is 5.88 Å². The SMILES string of the molecule is O=C(NCCc1ccc(F)cc1)c1ccnc(O[C@@H]2CCSC2)c1. The highest BCUT2D eigenvalue weighted by atomic mass is 32.2. The van der Waals surface area contributed by atoms with Crippen LogP contribution in [-0.2, 0) is 6.42 Å². The molecule has 126 valence electrons. The zero-order chi connectivity index (χ0) is 16.8. The summed E-state index contributed by atoms with van der Waals surface area (Å²) in [6, 6.07) is 9.63. The molecule has 1 aromatic carbocycles. The Morgan fingerprint density at radius 3 is 2.92 bits per heavy atom. The summed E-state index contributed by atoms with van der Waals surface area (Å²) in [5, 5.41) is 2.86. The predicted octanol–water partition coefficient (Wildman–Crippen LogP) is 3.08. The molecule has 0 saturated carbocycles. The van der Waals surface area contributed by atoms with Gasteiger partial charge in [-0.25, -0.2) is 9.37 Å². The van der Waals surface area contributed by atoms with Crippen LogP contribution in [-0.4, -0.2) is 35.0 Å². The lowest BCUT2D eigenvalue weighted by molar-refractivity contribution is 0.0953. The Labute approximate surface area is 144 Å². The Bertz CT molecular complexity index is 688. The monoisotopic (exact) mass is 346 g/mol. The van der Waals surface area contributed by atoms with Crippen molar-refractivity contribution in [3.63, 3.8) is 0 Å². The molecule has 2 aromatic rings. The molecule has 3 rings (SSSR count). The Kier molecular flexibility index (Phi) is 5.69. The molecule has 1 aromatic heterocycles. The molecular weight excluding hydrogens is 327 g/mol. The highest BCUT2D eigenvalue weighted by molar-refractivity contribution is 7.99. The number of amides is 1. The minimum absolute atomic E-state index is 0.162. The van der Waals surface area contributed by atoms with Crippen molar-refractivity contribution in [2.45, 2.75) is 18.9 Å². The first-order valence-electron chi connectivity index (χ1n) is 7.94. The van der Waals surface area contributed by atoms with Crippen LogP contribution < -0.4 is 10.1 Å². The smallest absolute Gasteiger partial charge is 0.251 e. The first-order valence-corrected chi connectivity index (χ1v) is 9.09. The first-order chi connectivity index (χ1) is 11.7. The molecule has 24 heavy (non-hydrogen) atoms. The second-order valence-electron chi connectivity index (χ2n) is 5.62. The van der Waals surface area contributed by atoms with Crippen molar-refractivity contribution < 1.29 is 13.9 Å². The quantitative estimate of drug-likeness (QED) is 0.873. The van der Waals surface area contributed by atoms with Crippen LogP contribution in [0.1, 0.15) is 22.3 Å². The van der Waals surface area contributed by atoms with Gasteiger partial charge in [-0.3, -0.25) is 4.79 Å². The third-order valence-electron chi connectivity index (χ3n) is 3.78. The highest BCUT2D eigenvalue weighted by Gasteiger charge is 2.18. The highest BCUT2D eigenvalue weighted by Crippen LogP contribution is 2.22. The molecular formula is C18H19FN2O2S. The molecule has 0 unspecified atom stereocenters. The van der Waals surface area contributed by atoms with Crippen molar-refractivity contribution >= 4 is 17.7 Å². The van der Waals surface area contributed by atoms with Gasteiger partial charge in [-0.05, 0) is 42.4 Å². The average molecular weight is 346 g/mol. The van der Waals surface area contributed by atoms with Gasteiger partial charge in [0.2, 0.25) is 5.88 Å². The van der Waals surface area contributed by atoms with E-state index in [0.29, 0.717) is 24.4 Å². The molecule has 0 aliphatic carbocycles. The lowest BCUT2D eigenvalue weighted by Crippen LogP contribution is -2.26. The lowest BCUT2D eigenvalue weighted by atomic mass is 10.1. The molecule has 1 aliphatic rings. The molecule has 1 saturated heterocycles. The zero-order valence-corrected chi connectivity index (χ0v) is 14.0. The molecule has 4 nitrogen and oxygen atoms in total. The van der Waals surface area contributed by atoms with E-state index in [-0.39, 0.29) is 17.8 Å². The van der Waals surface area contributed by atoms with E-state index in [9.17, 15) is 9.18 Å². The van der Waals surface area contributed by atoms with Gasteiger partial charge in [0.15, 0.2) is 0 Å². The van der Waals surface area contributed by atoms with Crippen molar-refractivity contribution in [1.29, 1.82) is 0 Å². The number of thioether (sulfide) groups is 1. The van der Waals surface area contributed by atoms with E-state index in [4.69, 9.17) is 4.74 Å². The third-order valence-corrected chi connectivity index (χ3v) is 4.92. The number of aromatic nitrogens is 1. The predicted molar refractivity (Wildman–Crippen MR) is 93.0 cm³/mol. The van der Waals surface area contributed by atoms with E-state index in [2.05, 4.69) is 10.3 Å². The Balaban J connectivity index is 1.51. The van der Waals surface area contributed by atoms with Gasteiger partial charge in [0.05, 0.1) is 0 Å². The van der Waals surface area contributed by atoms with Crippen molar-refractivity contribution in [3.05, 3.63) is 59.5 Å². The largest absolute Gasteiger partial charge is 0.473 e.